The molecule has 2 aliphatic rings. The Kier molecular flexibility index (Phi) is 4.06. The normalized spacial score (nSPS) is 29.3. The highest BCUT2D eigenvalue weighted by molar-refractivity contribution is 6.24. The van der Waals surface area contributed by atoms with E-state index in [0.717, 1.165) is 22.3 Å². The van der Waals surface area contributed by atoms with Crippen LogP contribution >= 0.6 is 0 Å². The maximum absolute atomic E-state index is 13.6. The number of hydrogen-bond acceptors (Lipinski definition) is 3. The van der Waals surface area contributed by atoms with Gasteiger partial charge in [-0.3, -0.25) is 9.59 Å². The fourth-order valence-corrected chi connectivity index (χ4v) is 5.15. The SMILES string of the molecule is CCOC(=O)[C@@H]1C[C@@]2(C)C(=O)[C@]1(C)C(c1ccccc1)=C2c1ccccc1. The van der Waals surface area contributed by atoms with E-state index in [2.05, 4.69) is 12.1 Å². The lowest BCUT2D eigenvalue weighted by atomic mass is 9.67. The van der Waals surface area contributed by atoms with Crippen molar-refractivity contribution in [3.8, 4) is 0 Å². The van der Waals surface area contributed by atoms with Gasteiger partial charge in [0.15, 0.2) is 5.78 Å². The highest BCUT2D eigenvalue weighted by Crippen LogP contribution is 2.69. The number of esters is 1. The third-order valence-corrected chi connectivity index (χ3v) is 6.30. The number of rotatable bonds is 4. The second kappa shape index (κ2) is 6.19. The molecule has 0 amide bonds. The van der Waals surface area contributed by atoms with Gasteiger partial charge in [-0.25, -0.2) is 0 Å². The van der Waals surface area contributed by atoms with E-state index < -0.39 is 16.7 Å². The maximum Gasteiger partial charge on any atom is 0.310 e. The van der Waals surface area contributed by atoms with Gasteiger partial charge >= 0.3 is 5.97 Å². The zero-order valence-corrected chi connectivity index (χ0v) is 16.0. The van der Waals surface area contributed by atoms with Crippen LogP contribution in [0.1, 0.15) is 38.3 Å². The van der Waals surface area contributed by atoms with Crippen molar-refractivity contribution < 1.29 is 14.3 Å². The molecule has 0 unspecified atom stereocenters. The number of carbonyl (C=O) groups excluding carboxylic acids is 2. The average Bonchev–Trinajstić information content (AvgIpc) is 3.00. The van der Waals surface area contributed by atoms with Crippen molar-refractivity contribution in [2.24, 2.45) is 16.7 Å². The number of benzene rings is 2. The maximum atomic E-state index is 13.6. The second-order valence-electron chi connectivity index (χ2n) is 7.85. The van der Waals surface area contributed by atoms with Gasteiger partial charge in [0.2, 0.25) is 0 Å². The van der Waals surface area contributed by atoms with Crippen LogP contribution in [0.3, 0.4) is 0 Å². The summed E-state index contributed by atoms with van der Waals surface area (Å²) in [7, 11) is 0. The topological polar surface area (TPSA) is 43.4 Å². The number of Topliss-reactive ketones (excluding diaryl/α,β-unsaturated/α-hetero) is 1. The van der Waals surface area contributed by atoms with E-state index >= 15 is 0 Å². The van der Waals surface area contributed by atoms with Gasteiger partial charge < -0.3 is 4.74 Å². The Morgan fingerprint density at radius 3 is 2.00 bits per heavy atom. The van der Waals surface area contributed by atoms with Crippen LogP contribution in [0.5, 0.6) is 0 Å². The van der Waals surface area contributed by atoms with E-state index in [9.17, 15) is 9.59 Å². The van der Waals surface area contributed by atoms with Crippen LogP contribution in [0.15, 0.2) is 60.7 Å². The standard InChI is InChI=1S/C24H24O3/c1-4-27-21(25)18-15-23(2)19(16-11-7-5-8-12-16)20(24(18,3)22(23)26)17-13-9-6-10-14-17/h5-14,18H,4,15H2,1-3H3/t18-,23+,24-/m0/s1. The highest BCUT2D eigenvalue weighted by Gasteiger charge is 2.69. The van der Waals surface area contributed by atoms with E-state index in [1.807, 2.05) is 62.4 Å². The number of carbonyl (C=O) groups is 2. The third kappa shape index (κ3) is 2.34. The molecule has 1 fully saturated rings. The predicted molar refractivity (Wildman–Crippen MR) is 106 cm³/mol. The molecule has 0 heterocycles. The first kappa shape index (κ1) is 17.7. The molecule has 3 heteroatoms. The molecule has 4 rings (SSSR count). The Morgan fingerprint density at radius 1 is 0.963 bits per heavy atom. The third-order valence-electron chi connectivity index (χ3n) is 6.30. The first-order valence-corrected chi connectivity index (χ1v) is 9.52. The van der Waals surface area contributed by atoms with Gasteiger partial charge in [-0.15, -0.1) is 0 Å². The molecule has 27 heavy (non-hydrogen) atoms. The van der Waals surface area contributed by atoms with Crippen LogP contribution in [0.25, 0.3) is 11.1 Å². The minimum atomic E-state index is -0.868. The van der Waals surface area contributed by atoms with Crippen molar-refractivity contribution in [3.63, 3.8) is 0 Å². The van der Waals surface area contributed by atoms with Crippen molar-refractivity contribution in [2.75, 3.05) is 6.61 Å². The Hall–Kier alpha value is -2.68. The fourth-order valence-electron chi connectivity index (χ4n) is 5.15. The molecule has 0 N–H and O–H groups in total. The zero-order valence-electron chi connectivity index (χ0n) is 16.0. The largest absolute Gasteiger partial charge is 0.466 e. The highest BCUT2D eigenvalue weighted by atomic mass is 16.5. The summed E-state index contributed by atoms with van der Waals surface area (Å²) in [6, 6.07) is 20.1. The summed E-state index contributed by atoms with van der Waals surface area (Å²) in [6.07, 6.45) is 0.502. The van der Waals surface area contributed by atoms with Crippen LogP contribution in [0.4, 0.5) is 0 Å². The van der Waals surface area contributed by atoms with E-state index in [1.165, 1.54) is 0 Å². The van der Waals surface area contributed by atoms with Crippen LogP contribution < -0.4 is 0 Å². The monoisotopic (exact) mass is 360 g/mol. The smallest absolute Gasteiger partial charge is 0.310 e. The quantitative estimate of drug-likeness (QED) is 0.737. The Labute approximate surface area is 160 Å². The molecule has 0 saturated heterocycles. The second-order valence-corrected chi connectivity index (χ2v) is 7.85. The molecule has 2 bridgehead atoms. The van der Waals surface area contributed by atoms with Crippen LogP contribution in [-0.4, -0.2) is 18.4 Å². The number of ketones is 1. The first-order valence-electron chi connectivity index (χ1n) is 9.52. The summed E-state index contributed by atoms with van der Waals surface area (Å²) in [5.41, 5.74) is 2.54. The fraction of sp³-hybridized carbons (Fsp3) is 0.333. The lowest BCUT2D eigenvalue weighted by Crippen LogP contribution is -2.35. The summed E-state index contributed by atoms with van der Waals surface area (Å²) in [4.78, 5) is 26.4. The average molecular weight is 360 g/mol. The number of allylic oxidation sites excluding steroid dienone is 2. The summed E-state index contributed by atoms with van der Waals surface area (Å²) in [6.45, 7) is 6.05. The van der Waals surface area contributed by atoms with Crippen molar-refractivity contribution >= 4 is 22.9 Å². The Morgan fingerprint density at radius 2 is 1.48 bits per heavy atom. The van der Waals surface area contributed by atoms with Crippen molar-refractivity contribution in [2.45, 2.75) is 27.2 Å². The molecule has 2 aromatic carbocycles. The molecule has 2 aliphatic carbocycles. The molecule has 3 nitrogen and oxygen atoms in total. The van der Waals surface area contributed by atoms with E-state index in [0.29, 0.717) is 13.0 Å². The van der Waals surface area contributed by atoms with Crippen molar-refractivity contribution in [3.05, 3.63) is 71.8 Å². The van der Waals surface area contributed by atoms with Crippen molar-refractivity contribution in [1.29, 1.82) is 0 Å². The van der Waals surface area contributed by atoms with Gasteiger partial charge in [-0.1, -0.05) is 60.7 Å². The number of hydrogen-bond donors (Lipinski definition) is 0. The molecular weight excluding hydrogens is 336 g/mol. The van der Waals surface area contributed by atoms with Gasteiger partial charge in [-0.2, -0.15) is 0 Å². The van der Waals surface area contributed by atoms with E-state index in [-0.39, 0.29) is 11.8 Å². The molecule has 1 saturated carbocycles. The molecule has 0 aromatic heterocycles. The van der Waals surface area contributed by atoms with Crippen LogP contribution in [0.2, 0.25) is 0 Å². The summed E-state index contributed by atoms with van der Waals surface area (Å²) in [5.74, 6) is -0.582. The molecule has 0 aliphatic heterocycles. The van der Waals surface area contributed by atoms with Crippen molar-refractivity contribution in [1.82, 2.24) is 0 Å². The first-order chi connectivity index (χ1) is 12.9. The van der Waals surface area contributed by atoms with Gasteiger partial charge in [-0.05, 0) is 49.5 Å². The summed E-state index contributed by atoms with van der Waals surface area (Å²) in [5, 5.41) is 0. The van der Waals surface area contributed by atoms with E-state index in [4.69, 9.17) is 4.74 Å². The van der Waals surface area contributed by atoms with Crippen LogP contribution in [0, 0.1) is 16.7 Å². The van der Waals surface area contributed by atoms with Gasteiger partial charge in [0.1, 0.15) is 0 Å². The lowest BCUT2D eigenvalue weighted by molar-refractivity contribution is -0.151. The molecule has 2 aromatic rings. The minimum absolute atomic E-state index is 0.130. The Balaban J connectivity index is 2.00. The molecule has 3 atom stereocenters. The number of fused-ring (bicyclic) bond motifs is 2. The lowest BCUT2D eigenvalue weighted by Gasteiger charge is -2.34. The zero-order chi connectivity index (χ0) is 19.2. The number of ether oxygens (including phenoxy) is 1. The molecule has 0 radical (unpaired) electrons. The molecule has 0 spiro atoms. The van der Waals surface area contributed by atoms with Gasteiger partial charge in [0.05, 0.1) is 23.4 Å². The minimum Gasteiger partial charge on any atom is -0.466 e. The van der Waals surface area contributed by atoms with Crippen LogP contribution in [-0.2, 0) is 14.3 Å². The predicted octanol–water partition coefficient (Wildman–Crippen LogP) is 4.78. The Bertz CT molecular complexity index is 929. The van der Waals surface area contributed by atoms with E-state index in [1.54, 1.807) is 6.92 Å². The molecule has 138 valence electrons. The molecular formula is C24H24O3. The summed E-state index contributed by atoms with van der Waals surface area (Å²) >= 11 is 0. The van der Waals surface area contributed by atoms with Gasteiger partial charge in [0, 0.05) is 0 Å². The van der Waals surface area contributed by atoms with Gasteiger partial charge in [0.25, 0.3) is 0 Å². The summed E-state index contributed by atoms with van der Waals surface area (Å²) < 4.78 is 5.35.